The maximum Gasteiger partial charge on any atom is 0.0701 e. The smallest absolute Gasteiger partial charge is 0.0701 e. The van der Waals surface area contributed by atoms with Crippen molar-refractivity contribution in [2.75, 3.05) is 66.4 Å². The van der Waals surface area contributed by atoms with Gasteiger partial charge in [-0.25, -0.2) is 0 Å². The number of hydrogen-bond acceptors (Lipinski definition) is 5. The monoisotopic (exact) mass is 261 g/mol. The Balaban J connectivity index is 1.60. The molecule has 1 saturated carbocycles. The predicted molar refractivity (Wildman–Crippen MR) is 69.9 cm³/mol. The lowest BCUT2D eigenvalue weighted by Crippen LogP contribution is -2.22. The van der Waals surface area contributed by atoms with Crippen LogP contribution in [0.3, 0.4) is 0 Å². The Morgan fingerprint density at radius 1 is 0.833 bits per heavy atom. The van der Waals surface area contributed by atoms with E-state index in [4.69, 9.17) is 18.9 Å². The summed E-state index contributed by atoms with van der Waals surface area (Å²) in [5.41, 5.74) is 0. The minimum Gasteiger partial charge on any atom is -0.382 e. The summed E-state index contributed by atoms with van der Waals surface area (Å²) in [4.78, 5) is 0. The first-order valence-corrected chi connectivity index (χ1v) is 6.86. The second-order valence-electron chi connectivity index (χ2n) is 4.48. The van der Waals surface area contributed by atoms with Gasteiger partial charge in [-0.1, -0.05) is 0 Å². The molecule has 1 aliphatic rings. The number of methoxy groups -OCH3 is 1. The normalized spacial score (nSPS) is 15.2. The van der Waals surface area contributed by atoms with Crippen LogP contribution in [0.1, 0.15) is 12.8 Å². The highest BCUT2D eigenvalue weighted by Gasteiger charge is 2.19. The Labute approximate surface area is 110 Å². The molecule has 108 valence electrons. The van der Waals surface area contributed by atoms with E-state index in [1.54, 1.807) is 7.11 Å². The van der Waals surface area contributed by atoms with Crippen LogP contribution in [0, 0.1) is 5.92 Å². The Morgan fingerprint density at radius 3 is 1.94 bits per heavy atom. The summed E-state index contributed by atoms with van der Waals surface area (Å²) < 4.78 is 20.9. The zero-order valence-corrected chi connectivity index (χ0v) is 11.5. The fourth-order valence-corrected chi connectivity index (χ4v) is 1.46. The molecule has 1 aliphatic carbocycles. The van der Waals surface area contributed by atoms with Crippen molar-refractivity contribution in [3.8, 4) is 0 Å². The minimum atomic E-state index is 0.617. The van der Waals surface area contributed by atoms with Gasteiger partial charge in [-0.05, 0) is 25.3 Å². The molecule has 0 aliphatic heterocycles. The van der Waals surface area contributed by atoms with Crippen LogP contribution in [0.25, 0.3) is 0 Å². The van der Waals surface area contributed by atoms with Crippen molar-refractivity contribution in [3.05, 3.63) is 0 Å². The maximum absolute atomic E-state index is 5.43. The van der Waals surface area contributed by atoms with Crippen molar-refractivity contribution in [2.24, 2.45) is 5.92 Å². The zero-order valence-electron chi connectivity index (χ0n) is 11.5. The van der Waals surface area contributed by atoms with Gasteiger partial charge >= 0.3 is 0 Å². The number of hydrogen-bond donors (Lipinski definition) is 1. The molecule has 5 nitrogen and oxygen atoms in total. The predicted octanol–water partition coefficient (Wildman–Crippen LogP) is 0.682. The average Bonchev–Trinajstić information content (AvgIpc) is 3.19. The number of rotatable bonds is 14. The maximum atomic E-state index is 5.43. The highest BCUT2D eigenvalue weighted by Crippen LogP contribution is 2.27. The van der Waals surface area contributed by atoms with Crippen LogP contribution in [-0.2, 0) is 18.9 Å². The summed E-state index contributed by atoms with van der Waals surface area (Å²) in [6.45, 7) is 6.65. The van der Waals surface area contributed by atoms with Crippen molar-refractivity contribution >= 4 is 0 Å². The first kappa shape index (κ1) is 15.9. The van der Waals surface area contributed by atoms with Crippen molar-refractivity contribution < 1.29 is 18.9 Å². The molecule has 0 heterocycles. The van der Waals surface area contributed by atoms with Crippen LogP contribution in [0.5, 0.6) is 0 Å². The van der Waals surface area contributed by atoms with Crippen LogP contribution in [0.4, 0.5) is 0 Å². The molecular formula is C13H27NO4. The molecule has 1 fully saturated rings. The van der Waals surface area contributed by atoms with Gasteiger partial charge in [0.1, 0.15) is 0 Å². The van der Waals surface area contributed by atoms with E-state index >= 15 is 0 Å². The summed E-state index contributed by atoms with van der Waals surface area (Å²) in [6.07, 6.45) is 2.79. The van der Waals surface area contributed by atoms with Gasteiger partial charge in [-0.15, -0.1) is 0 Å². The second kappa shape index (κ2) is 11.9. The third kappa shape index (κ3) is 10.9. The Morgan fingerprint density at radius 2 is 1.39 bits per heavy atom. The van der Waals surface area contributed by atoms with Gasteiger partial charge in [0.2, 0.25) is 0 Å². The average molecular weight is 261 g/mol. The molecule has 0 aromatic rings. The molecule has 1 rings (SSSR count). The van der Waals surface area contributed by atoms with Crippen LogP contribution in [0.15, 0.2) is 0 Å². The van der Waals surface area contributed by atoms with E-state index in [2.05, 4.69) is 5.32 Å². The number of ether oxygens (including phenoxy) is 4. The molecular weight excluding hydrogens is 234 g/mol. The summed E-state index contributed by atoms with van der Waals surface area (Å²) in [5, 5.41) is 3.38. The van der Waals surface area contributed by atoms with Crippen LogP contribution < -0.4 is 5.32 Å². The molecule has 0 saturated heterocycles. The molecule has 0 spiro atoms. The molecule has 0 atom stereocenters. The lowest BCUT2D eigenvalue weighted by atomic mass is 10.4. The highest BCUT2D eigenvalue weighted by molar-refractivity contribution is 4.74. The van der Waals surface area contributed by atoms with E-state index in [1.807, 2.05) is 0 Å². The van der Waals surface area contributed by atoms with Gasteiger partial charge in [0.05, 0.1) is 46.2 Å². The quantitative estimate of drug-likeness (QED) is 0.466. The van der Waals surface area contributed by atoms with E-state index in [9.17, 15) is 0 Å². The molecule has 5 heteroatoms. The van der Waals surface area contributed by atoms with Crippen molar-refractivity contribution in [1.82, 2.24) is 5.32 Å². The van der Waals surface area contributed by atoms with E-state index in [-0.39, 0.29) is 0 Å². The second-order valence-corrected chi connectivity index (χ2v) is 4.48. The van der Waals surface area contributed by atoms with Gasteiger partial charge in [0.25, 0.3) is 0 Å². The standard InChI is InChI=1S/C13H27NO4/c1-15-6-7-17-10-11-18-9-8-16-5-4-14-12-13-2-3-13/h13-14H,2-12H2,1H3. The highest BCUT2D eigenvalue weighted by atomic mass is 16.6. The van der Waals surface area contributed by atoms with Gasteiger partial charge in [0.15, 0.2) is 0 Å². The lowest BCUT2D eigenvalue weighted by Gasteiger charge is -2.07. The largest absolute Gasteiger partial charge is 0.382 e. The van der Waals surface area contributed by atoms with Gasteiger partial charge in [-0.3, -0.25) is 0 Å². The van der Waals surface area contributed by atoms with Crippen molar-refractivity contribution in [1.29, 1.82) is 0 Å². The van der Waals surface area contributed by atoms with Crippen molar-refractivity contribution in [2.45, 2.75) is 12.8 Å². The summed E-state index contributed by atoms with van der Waals surface area (Å²) in [7, 11) is 1.66. The molecule has 0 amide bonds. The molecule has 0 radical (unpaired) electrons. The van der Waals surface area contributed by atoms with E-state index in [0.29, 0.717) is 39.6 Å². The molecule has 0 bridgehead atoms. The van der Waals surface area contributed by atoms with Gasteiger partial charge in [0, 0.05) is 13.7 Å². The third-order valence-electron chi connectivity index (χ3n) is 2.73. The van der Waals surface area contributed by atoms with Crippen molar-refractivity contribution in [3.63, 3.8) is 0 Å². The van der Waals surface area contributed by atoms with Crippen LogP contribution >= 0.6 is 0 Å². The summed E-state index contributed by atoms with van der Waals surface area (Å²) in [6, 6.07) is 0. The molecule has 1 N–H and O–H groups in total. The first-order chi connectivity index (χ1) is 8.93. The lowest BCUT2D eigenvalue weighted by molar-refractivity contribution is 0.00410. The molecule has 0 aromatic heterocycles. The zero-order chi connectivity index (χ0) is 12.9. The Kier molecular flexibility index (Phi) is 10.5. The summed E-state index contributed by atoms with van der Waals surface area (Å²) >= 11 is 0. The van der Waals surface area contributed by atoms with E-state index in [0.717, 1.165) is 25.6 Å². The van der Waals surface area contributed by atoms with Gasteiger partial charge in [-0.2, -0.15) is 0 Å². The molecule has 0 aromatic carbocycles. The molecule has 0 unspecified atom stereocenters. The summed E-state index contributed by atoms with van der Waals surface area (Å²) in [5.74, 6) is 0.937. The SMILES string of the molecule is COCCOCCOCCOCCNCC1CC1. The van der Waals surface area contributed by atoms with Gasteiger partial charge < -0.3 is 24.3 Å². The fraction of sp³-hybridized carbons (Fsp3) is 1.00. The minimum absolute atomic E-state index is 0.617. The topological polar surface area (TPSA) is 49.0 Å². The molecule has 18 heavy (non-hydrogen) atoms. The van der Waals surface area contributed by atoms with E-state index < -0.39 is 0 Å². The Hall–Kier alpha value is -0.200. The fourth-order valence-electron chi connectivity index (χ4n) is 1.46. The Bertz CT molecular complexity index is 176. The van der Waals surface area contributed by atoms with Crippen LogP contribution in [-0.4, -0.2) is 66.4 Å². The number of nitrogens with one attached hydrogen (secondary N) is 1. The van der Waals surface area contributed by atoms with E-state index in [1.165, 1.54) is 12.8 Å². The first-order valence-electron chi connectivity index (χ1n) is 6.86. The third-order valence-corrected chi connectivity index (χ3v) is 2.73. The van der Waals surface area contributed by atoms with Crippen LogP contribution in [0.2, 0.25) is 0 Å².